The Balaban J connectivity index is 3.00. The highest BCUT2D eigenvalue weighted by molar-refractivity contribution is 7.89. The van der Waals surface area contributed by atoms with Crippen molar-refractivity contribution in [1.82, 2.24) is 4.90 Å². The predicted molar refractivity (Wildman–Crippen MR) is 74.6 cm³/mol. The average molecular weight is 303 g/mol. The molecule has 1 rings (SSSR count). The third-order valence-electron chi connectivity index (χ3n) is 2.95. The number of nitrogens with zero attached hydrogens (tertiary/aromatic N) is 1. The normalized spacial score (nSPS) is 12.5. The van der Waals surface area contributed by atoms with Crippen molar-refractivity contribution in [3.63, 3.8) is 0 Å². The minimum absolute atomic E-state index is 0.0538. The Hall–Kier alpha value is -1.38. The number of aryl methyl sites for hydroxylation is 1. The highest BCUT2D eigenvalue weighted by Gasteiger charge is 2.26. The van der Waals surface area contributed by atoms with Crippen molar-refractivity contribution in [2.75, 3.05) is 20.1 Å². The molecule has 0 unspecified atom stereocenters. The molecule has 8 heteroatoms. The first-order valence-corrected chi connectivity index (χ1v) is 7.61. The number of furan rings is 1. The fourth-order valence-electron chi connectivity index (χ4n) is 1.82. The molecular formula is C12H21N3O4S. The Morgan fingerprint density at radius 2 is 2.00 bits per heavy atom. The van der Waals surface area contributed by atoms with Crippen molar-refractivity contribution >= 4 is 15.9 Å². The minimum atomic E-state index is -3.90. The van der Waals surface area contributed by atoms with Gasteiger partial charge in [-0.2, -0.15) is 0 Å². The second-order valence-corrected chi connectivity index (χ2v) is 7.14. The number of rotatable bonds is 5. The Kier molecular flexibility index (Phi) is 4.62. The Labute approximate surface area is 119 Å². The Morgan fingerprint density at radius 1 is 1.45 bits per heavy atom. The van der Waals surface area contributed by atoms with Crippen molar-refractivity contribution in [3.05, 3.63) is 17.6 Å². The molecule has 0 fully saturated rings. The van der Waals surface area contributed by atoms with Crippen LogP contribution in [0.15, 0.2) is 15.4 Å². The molecule has 0 aliphatic heterocycles. The van der Waals surface area contributed by atoms with Crippen LogP contribution >= 0.6 is 0 Å². The van der Waals surface area contributed by atoms with Gasteiger partial charge in [-0.15, -0.1) is 0 Å². The van der Waals surface area contributed by atoms with Crippen molar-refractivity contribution in [3.8, 4) is 0 Å². The van der Waals surface area contributed by atoms with Crippen LogP contribution in [0.25, 0.3) is 0 Å². The molecule has 114 valence electrons. The van der Waals surface area contributed by atoms with Gasteiger partial charge >= 0.3 is 0 Å². The first-order chi connectivity index (χ1) is 8.98. The molecule has 0 saturated heterocycles. The van der Waals surface area contributed by atoms with E-state index in [0.29, 0.717) is 13.1 Å². The number of carbonyl (C=O) groups is 1. The molecule has 1 heterocycles. The summed E-state index contributed by atoms with van der Waals surface area (Å²) >= 11 is 0. The fraction of sp³-hybridized carbons (Fsp3) is 0.583. The van der Waals surface area contributed by atoms with Gasteiger partial charge in [-0.3, -0.25) is 4.79 Å². The van der Waals surface area contributed by atoms with Crippen LogP contribution in [0.1, 0.15) is 30.2 Å². The lowest BCUT2D eigenvalue weighted by atomic mass is 9.93. The number of hydrogen-bond acceptors (Lipinski definition) is 5. The third kappa shape index (κ3) is 3.81. The standard InChI is InChI=1S/C12H21N3O4S/c1-8-10(20(14,17)18)5-9(19-8)11(16)15(4)7-12(2,3)6-13/h5H,6-7,13H2,1-4H3,(H2,14,17,18). The summed E-state index contributed by atoms with van der Waals surface area (Å²) in [6.07, 6.45) is 0. The van der Waals surface area contributed by atoms with Crippen molar-refractivity contribution in [2.24, 2.45) is 16.3 Å². The van der Waals surface area contributed by atoms with Gasteiger partial charge in [0.2, 0.25) is 10.0 Å². The molecular weight excluding hydrogens is 282 g/mol. The molecule has 0 radical (unpaired) electrons. The molecule has 4 N–H and O–H groups in total. The van der Waals surface area contributed by atoms with E-state index in [-0.39, 0.29) is 21.8 Å². The maximum Gasteiger partial charge on any atom is 0.289 e. The van der Waals surface area contributed by atoms with E-state index >= 15 is 0 Å². The van der Waals surface area contributed by atoms with Gasteiger partial charge < -0.3 is 15.1 Å². The van der Waals surface area contributed by atoms with Gasteiger partial charge in [-0.1, -0.05) is 13.8 Å². The van der Waals surface area contributed by atoms with Crippen LogP contribution in [0.2, 0.25) is 0 Å². The topological polar surface area (TPSA) is 120 Å². The van der Waals surface area contributed by atoms with E-state index in [4.69, 9.17) is 15.3 Å². The summed E-state index contributed by atoms with van der Waals surface area (Å²) in [6, 6.07) is 1.15. The van der Waals surface area contributed by atoms with Crippen molar-refractivity contribution < 1.29 is 17.6 Å². The summed E-state index contributed by atoms with van der Waals surface area (Å²) in [6.45, 7) is 6.15. The highest BCUT2D eigenvalue weighted by atomic mass is 32.2. The van der Waals surface area contributed by atoms with E-state index in [1.807, 2.05) is 13.8 Å². The zero-order valence-corrected chi connectivity index (χ0v) is 13.0. The van der Waals surface area contributed by atoms with E-state index in [2.05, 4.69) is 0 Å². The molecule has 0 aliphatic carbocycles. The number of sulfonamides is 1. The first kappa shape index (κ1) is 16.7. The summed E-state index contributed by atoms with van der Waals surface area (Å²) in [5.41, 5.74) is 5.38. The molecule has 1 aromatic heterocycles. The van der Waals surface area contributed by atoms with E-state index in [1.54, 1.807) is 7.05 Å². The van der Waals surface area contributed by atoms with Crippen molar-refractivity contribution in [2.45, 2.75) is 25.7 Å². The number of hydrogen-bond donors (Lipinski definition) is 2. The van der Waals surface area contributed by atoms with Crippen LogP contribution in [-0.4, -0.2) is 39.4 Å². The van der Waals surface area contributed by atoms with Gasteiger partial charge in [0, 0.05) is 19.7 Å². The van der Waals surface area contributed by atoms with Crippen LogP contribution in [-0.2, 0) is 10.0 Å². The van der Waals surface area contributed by atoms with Crippen LogP contribution < -0.4 is 10.9 Å². The van der Waals surface area contributed by atoms with Crippen molar-refractivity contribution in [1.29, 1.82) is 0 Å². The van der Waals surface area contributed by atoms with E-state index < -0.39 is 15.9 Å². The summed E-state index contributed by atoms with van der Waals surface area (Å²) in [5.74, 6) is -0.367. The molecule has 0 aliphatic rings. The van der Waals surface area contributed by atoms with E-state index in [0.717, 1.165) is 6.07 Å². The summed E-state index contributed by atoms with van der Waals surface area (Å²) < 4.78 is 27.8. The van der Waals surface area contributed by atoms with E-state index in [9.17, 15) is 13.2 Å². The summed E-state index contributed by atoms with van der Waals surface area (Å²) in [7, 11) is -2.29. The smallest absolute Gasteiger partial charge is 0.289 e. The monoisotopic (exact) mass is 303 g/mol. The lowest BCUT2D eigenvalue weighted by Crippen LogP contribution is -2.39. The average Bonchev–Trinajstić information content (AvgIpc) is 2.69. The Morgan fingerprint density at radius 3 is 2.40 bits per heavy atom. The van der Waals surface area contributed by atoms with Gasteiger partial charge in [0.25, 0.3) is 5.91 Å². The molecule has 20 heavy (non-hydrogen) atoms. The van der Waals surface area contributed by atoms with Gasteiger partial charge in [-0.05, 0) is 18.9 Å². The molecule has 7 nitrogen and oxygen atoms in total. The lowest BCUT2D eigenvalue weighted by Gasteiger charge is -2.28. The number of nitrogens with two attached hydrogens (primary N) is 2. The molecule has 0 aromatic carbocycles. The number of primary sulfonamides is 1. The summed E-state index contributed by atoms with van der Waals surface area (Å²) in [4.78, 5) is 13.5. The maximum atomic E-state index is 12.2. The van der Waals surface area contributed by atoms with Crippen LogP contribution in [0.5, 0.6) is 0 Å². The number of amides is 1. The predicted octanol–water partition coefficient (Wildman–Crippen LogP) is 0.292. The third-order valence-corrected chi connectivity index (χ3v) is 3.97. The van der Waals surface area contributed by atoms with Gasteiger partial charge in [0.05, 0.1) is 0 Å². The van der Waals surface area contributed by atoms with Gasteiger partial charge in [0.1, 0.15) is 10.7 Å². The Bertz CT molecular complexity index is 604. The zero-order valence-electron chi connectivity index (χ0n) is 12.1. The molecule has 0 spiro atoms. The fourth-order valence-corrected chi connectivity index (χ4v) is 2.53. The van der Waals surface area contributed by atoms with Gasteiger partial charge in [0.15, 0.2) is 5.76 Å². The van der Waals surface area contributed by atoms with Crippen LogP contribution in [0, 0.1) is 12.3 Å². The minimum Gasteiger partial charge on any atom is -0.455 e. The molecule has 1 aromatic rings. The van der Waals surface area contributed by atoms with Crippen LogP contribution in [0.4, 0.5) is 0 Å². The highest BCUT2D eigenvalue weighted by Crippen LogP contribution is 2.21. The van der Waals surface area contributed by atoms with Gasteiger partial charge in [-0.25, -0.2) is 13.6 Å². The van der Waals surface area contributed by atoms with Crippen LogP contribution in [0.3, 0.4) is 0 Å². The quantitative estimate of drug-likeness (QED) is 0.810. The lowest BCUT2D eigenvalue weighted by molar-refractivity contribution is 0.0707. The molecule has 1 amide bonds. The number of carbonyl (C=O) groups excluding carboxylic acids is 1. The maximum absolute atomic E-state index is 12.2. The SMILES string of the molecule is Cc1oc(C(=O)N(C)CC(C)(C)CN)cc1S(N)(=O)=O. The molecule has 0 saturated carbocycles. The second-order valence-electron chi connectivity index (χ2n) is 5.61. The zero-order chi connectivity index (χ0) is 15.7. The van der Waals surface area contributed by atoms with E-state index in [1.165, 1.54) is 11.8 Å². The summed E-state index contributed by atoms with van der Waals surface area (Å²) in [5, 5.41) is 5.04. The second kappa shape index (κ2) is 5.55. The molecule has 0 atom stereocenters. The largest absolute Gasteiger partial charge is 0.455 e. The first-order valence-electron chi connectivity index (χ1n) is 6.07. The molecule has 0 bridgehead atoms.